The van der Waals surface area contributed by atoms with Crippen LogP contribution in [0.25, 0.3) is 0 Å². The van der Waals surface area contributed by atoms with Gasteiger partial charge in [0.1, 0.15) is 16.9 Å². The largest absolute Gasteiger partial charge is 0.459 e. The van der Waals surface area contributed by atoms with Gasteiger partial charge in [-0.3, -0.25) is 19.0 Å². The maximum absolute atomic E-state index is 14.5. The number of carbonyl (C=O) groups is 3. The van der Waals surface area contributed by atoms with Gasteiger partial charge >= 0.3 is 11.9 Å². The fraction of sp³-hybridized carbons (Fsp3) is 0.379. The predicted molar refractivity (Wildman–Crippen MR) is 163 cm³/mol. The molecule has 1 amide bonds. The molecule has 4 atom stereocenters. The van der Waals surface area contributed by atoms with Gasteiger partial charge in [0.2, 0.25) is 15.8 Å². The number of carbonyl (C=O) groups excluding carboxylic acids is 3. The first-order valence-electron chi connectivity index (χ1n) is 13.4. The highest BCUT2D eigenvalue weighted by Crippen LogP contribution is 2.46. The molecule has 1 fully saturated rings. The van der Waals surface area contributed by atoms with E-state index in [1.807, 2.05) is 24.3 Å². The lowest BCUT2D eigenvalue weighted by Gasteiger charge is -2.36. The van der Waals surface area contributed by atoms with E-state index < -0.39 is 50.7 Å². The van der Waals surface area contributed by atoms with Crippen LogP contribution in [0, 0.1) is 0 Å². The highest BCUT2D eigenvalue weighted by molar-refractivity contribution is 9.10. The van der Waals surface area contributed by atoms with Gasteiger partial charge in [-0.05, 0) is 62.1 Å². The molecule has 228 valence electrons. The monoisotopic (exact) mass is 711 g/mol. The van der Waals surface area contributed by atoms with E-state index in [4.69, 9.17) is 32.7 Å². The van der Waals surface area contributed by atoms with Crippen molar-refractivity contribution in [1.29, 1.82) is 0 Å². The summed E-state index contributed by atoms with van der Waals surface area (Å²) in [5.74, 6) is -1.69. The minimum atomic E-state index is -4.33. The summed E-state index contributed by atoms with van der Waals surface area (Å²) in [6, 6.07) is 12.0. The number of imidazole rings is 1. The van der Waals surface area contributed by atoms with Crippen molar-refractivity contribution < 1.29 is 32.3 Å². The van der Waals surface area contributed by atoms with Crippen molar-refractivity contribution in [2.24, 2.45) is 0 Å². The quantitative estimate of drug-likeness (QED) is 0.283. The standard InChI is InChI=1S/C29H28BrCl2N3O7S/c1-16(36)41-23-5-4-6-24(26(23)42-17(2)37)43(39,40)25-15-33-28-34(22-12-20(31)11-21(32)13-22)27(38)29(3,35(25)28)14-18-7-9-19(30)10-8-18/h7-13,15,23-24,26H,4-6,14H2,1-3H3. The predicted octanol–water partition coefficient (Wildman–Crippen LogP) is 5.78. The van der Waals surface area contributed by atoms with Crippen molar-refractivity contribution in [2.45, 2.75) is 74.5 Å². The number of fused-ring (bicyclic) bond motifs is 1. The minimum Gasteiger partial charge on any atom is -0.459 e. The average molecular weight is 713 g/mol. The second-order valence-electron chi connectivity index (χ2n) is 10.8. The molecule has 2 aromatic carbocycles. The van der Waals surface area contributed by atoms with Gasteiger partial charge in [0, 0.05) is 34.8 Å². The van der Waals surface area contributed by atoms with Crippen LogP contribution in [0.2, 0.25) is 10.0 Å². The summed E-state index contributed by atoms with van der Waals surface area (Å²) in [7, 11) is -4.33. The first-order chi connectivity index (χ1) is 20.2. The molecule has 0 spiro atoms. The lowest BCUT2D eigenvalue weighted by molar-refractivity contribution is -0.168. The molecule has 1 aliphatic carbocycles. The Kier molecular flexibility index (Phi) is 8.69. The molecule has 0 saturated heterocycles. The third-order valence-electron chi connectivity index (χ3n) is 7.65. The van der Waals surface area contributed by atoms with Gasteiger partial charge in [-0.2, -0.15) is 0 Å². The van der Waals surface area contributed by atoms with E-state index in [0.29, 0.717) is 18.5 Å². The molecule has 43 heavy (non-hydrogen) atoms. The molecule has 3 aromatic rings. The minimum absolute atomic E-state index is 0.0675. The number of ether oxygens (including phenoxy) is 2. The number of benzene rings is 2. The number of sulfone groups is 1. The van der Waals surface area contributed by atoms with Gasteiger partial charge < -0.3 is 9.47 Å². The van der Waals surface area contributed by atoms with Crippen molar-refractivity contribution in [2.75, 3.05) is 4.90 Å². The zero-order chi connectivity index (χ0) is 31.3. The zero-order valence-corrected chi connectivity index (χ0v) is 27.3. The van der Waals surface area contributed by atoms with Crippen LogP contribution >= 0.6 is 39.1 Å². The van der Waals surface area contributed by atoms with E-state index in [0.717, 1.165) is 10.0 Å². The Morgan fingerprint density at radius 3 is 2.28 bits per heavy atom. The number of hydrogen-bond acceptors (Lipinski definition) is 8. The number of anilines is 2. The van der Waals surface area contributed by atoms with Gasteiger partial charge in [0.25, 0.3) is 5.91 Å². The second kappa shape index (κ2) is 11.9. The highest BCUT2D eigenvalue weighted by atomic mass is 79.9. The van der Waals surface area contributed by atoms with Crippen LogP contribution in [-0.4, -0.2) is 53.3 Å². The molecule has 4 unspecified atom stereocenters. The molecule has 2 aliphatic rings. The van der Waals surface area contributed by atoms with E-state index in [2.05, 4.69) is 20.9 Å². The number of halogens is 3. The number of rotatable bonds is 7. The molecule has 1 aromatic heterocycles. The van der Waals surface area contributed by atoms with Gasteiger partial charge in [-0.1, -0.05) is 51.3 Å². The van der Waals surface area contributed by atoms with Crippen LogP contribution in [0.3, 0.4) is 0 Å². The lowest BCUT2D eigenvalue weighted by atomic mass is 9.92. The van der Waals surface area contributed by atoms with Gasteiger partial charge in [0.15, 0.2) is 11.1 Å². The van der Waals surface area contributed by atoms with Crippen LogP contribution in [0.15, 0.2) is 58.2 Å². The SMILES string of the molecule is CC(=O)OC1CCCC(S(=O)(=O)c2cnc3n2C(C)(Cc2ccc(Br)cc2)C(=O)N3c2cc(Cl)cc(Cl)c2)C1OC(C)=O. The molecule has 0 bridgehead atoms. The molecule has 10 nitrogen and oxygen atoms in total. The number of hydrogen-bond donors (Lipinski definition) is 0. The Labute approximate surface area is 267 Å². The summed E-state index contributed by atoms with van der Waals surface area (Å²) in [6.45, 7) is 4.03. The maximum Gasteiger partial charge on any atom is 0.303 e. The van der Waals surface area contributed by atoms with Crippen LogP contribution in [-0.2, 0) is 45.7 Å². The lowest BCUT2D eigenvalue weighted by Crippen LogP contribution is -2.50. The smallest absolute Gasteiger partial charge is 0.303 e. The molecule has 14 heteroatoms. The molecule has 0 N–H and O–H groups in total. The third-order valence-corrected chi connectivity index (χ3v) is 10.8. The number of nitrogens with zero attached hydrogens (tertiary/aromatic N) is 3. The van der Waals surface area contributed by atoms with E-state index in [1.54, 1.807) is 19.1 Å². The van der Waals surface area contributed by atoms with Crippen molar-refractivity contribution >= 4 is 78.5 Å². The normalized spacial score (nSPS) is 23.6. The molecule has 0 radical (unpaired) electrons. The highest BCUT2D eigenvalue weighted by Gasteiger charge is 2.54. The van der Waals surface area contributed by atoms with E-state index in [9.17, 15) is 22.8 Å². The second-order valence-corrected chi connectivity index (χ2v) is 14.7. The summed E-state index contributed by atoms with van der Waals surface area (Å²) in [4.78, 5) is 44.0. The Morgan fingerprint density at radius 2 is 1.67 bits per heavy atom. The van der Waals surface area contributed by atoms with Crippen LogP contribution in [0.5, 0.6) is 0 Å². The van der Waals surface area contributed by atoms with Crippen molar-refractivity contribution in [3.63, 3.8) is 0 Å². The Balaban J connectivity index is 1.67. The van der Waals surface area contributed by atoms with Crippen LogP contribution < -0.4 is 4.90 Å². The fourth-order valence-corrected chi connectivity index (χ4v) is 8.78. The number of aromatic nitrogens is 2. The van der Waals surface area contributed by atoms with E-state index in [1.165, 1.54) is 35.6 Å². The van der Waals surface area contributed by atoms with Crippen molar-refractivity contribution in [3.05, 3.63) is 68.7 Å². The maximum atomic E-state index is 14.5. The van der Waals surface area contributed by atoms with Crippen molar-refractivity contribution in [3.8, 4) is 0 Å². The first-order valence-corrected chi connectivity index (χ1v) is 16.5. The van der Waals surface area contributed by atoms with Gasteiger partial charge in [-0.15, -0.1) is 0 Å². The molecule has 5 rings (SSSR count). The molecule has 2 heterocycles. The third kappa shape index (κ3) is 5.94. The Morgan fingerprint density at radius 1 is 1.05 bits per heavy atom. The molecule has 1 aliphatic heterocycles. The molecule has 1 saturated carbocycles. The van der Waals surface area contributed by atoms with Crippen molar-refractivity contribution in [1.82, 2.24) is 9.55 Å². The Bertz CT molecular complexity index is 1690. The fourth-order valence-electron chi connectivity index (χ4n) is 5.89. The first kappa shape index (κ1) is 31.5. The zero-order valence-electron chi connectivity index (χ0n) is 23.4. The number of amides is 1. The number of esters is 2. The van der Waals surface area contributed by atoms with E-state index >= 15 is 0 Å². The van der Waals surface area contributed by atoms with Crippen LogP contribution in [0.4, 0.5) is 11.6 Å². The summed E-state index contributed by atoms with van der Waals surface area (Å²) in [5, 5.41) is -0.912. The summed E-state index contributed by atoms with van der Waals surface area (Å²) in [6.07, 6.45) is 0.0183. The van der Waals surface area contributed by atoms with E-state index in [-0.39, 0.29) is 33.9 Å². The molecular weight excluding hydrogens is 685 g/mol. The average Bonchev–Trinajstić information content (AvgIpc) is 3.44. The summed E-state index contributed by atoms with van der Waals surface area (Å²) >= 11 is 16.0. The summed E-state index contributed by atoms with van der Waals surface area (Å²) in [5.41, 5.74) is -0.348. The van der Waals surface area contributed by atoms with Gasteiger partial charge in [-0.25, -0.2) is 18.3 Å². The topological polar surface area (TPSA) is 125 Å². The summed E-state index contributed by atoms with van der Waals surface area (Å²) < 4.78 is 42.1. The van der Waals surface area contributed by atoms with Crippen LogP contribution in [0.1, 0.15) is 45.6 Å². The Hall–Kier alpha value is -2.93. The molecular formula is C29H28BrCl2N3O7S. The van der Waals surface area contributed by atoms with Gasteiger partial charge in [0.05, 0.1) is 11.9 Å².